The number of aryl methyl sites for hydroxylation is 1. The van der Waals surface area contributed by atoms with E-state index in [1.54, 1.807) is 0 Å². The summed E-state index contributed by atoms with van der Waals surface area (Å²) in [5.74, 6) is -0.810. The van der Waals surface area contributed by atoms with E-state index in [4.69, 9.17) is 4.55 Å². The third-order valence-electron chi connectivity index (χ3n) is 2.47. The predicted octanol–water partition coefficient (Wildman–Crippen LogP) is 0.665. The van der Waals surface area contributed by atoms with Crippen LogP contribution < -0.4 is 10.6 Å². The first-order valence-electron chi connectivity index (χ1n) is 5.95. The smallest absolute Gasteiger partial charge is 0.266 e. The zero-order valence-corrected chi connectivity index (χ0v) is 11.5. The molecule has 0 spiro atoms. The van der Waals surface area contributed by atoms with Crippen LogP contribution in [0.4, 0.5) is 5.69 Å². The highest BCUT2D eigenvalue weighted by atomic mass is 32.2. The zero-order chi connectivity index (χ0) is 14.3. The summed E-state index contributed by atoms with van der Waals surface area (Å²) in [5.41, 5.74) is 2.00. The topological polar surface area (TPSA) is 95.5 Å². The standard InChI is InChI=1S/C12H18N2O4S/c1-2-10-4-3-5-11(8-10)14-9-12(15)13-6-7-19(16,17)18/h3-5,8,14H,2,6-7,9H2,1H3,(H,13,15)(H,16,17,18). The number of anilines is 1. The van der Waals surface area contributed by atoms with Crippen molar-refractivity contribution in [3.05, 3.63) is 29.8 Å². The molecule has 0 saturated heterocycles. The minimum atomic E-state index is -4.03. The summed E-state index contributed by atoms with van der Waals surface area (Å²) in [6.07, 6.45) is 0.913. The third-order valence-corrected chi connectivity index (χ3v) is 3.19. The van der Waals surface area contributed by atoms with Crippen molar-refractivity contribution in [2.75, 3.05) is 24.2 Å². The molecule has 0 bridgehead atoms. The van der Waals surface area contributed by atoms with Crippen molar-refractivity contribution in [2.24, 2.45) is 0 Å². The molecule has 0 unspecified atom stereocenters. The van der Waals surface area contributed by atoms with Crippen LogP contribution >= 0.6 is 0 Å². The van der Waals surface area contributed by atoms with Crippen LogP contribution in [0.1, 0.15) is 12.5 Å². The van der Waals surface area contributed by atoms with Crippen LogP contribution in [-0.2, 0) is 21.3 Å². The molecule has 0 saturated carbocycles. The Hall–Kier alpha value is -1.60. The molecular weight excluding hydrogens is 268 g/mol. The lowest BCUT2D eigenvalue weighted by Gasteiger charge is -2.08. The van der Waals surface area contributed by atoms with Gasteiger partial charge in [0.25, 0.3) is 10.1 Å². The molecular formula is C12H18N2O4S. The van der Waals surface area contributed by atoms with E-state index >= 15 is 0 Å². The Morgan fingerprint density at radius 3 is 2.74 bits per heavy atom. The molecule has 1 aromatic rings. The van der Waals surface area contributed by atoms with E-state index in [1.165, 1.54) is 0 Å². The van der Waals surface area contributed by atoms with E-state index < -0.39 is 15.9 Å². The third kappa shape index (κ3) is 6.78. The summed E-state index contributed by atoms with van der Waals surface area (Å²) in [6.45, 7) is 1.99. The second kappa shape index (κ2) is 7.10. The number of carbonyl (C=O) groups excluding carboxylic acids is 1. The second-order valence-electron chi connectivity index (χ2n) is 4.04. The van der Waals surface area contributed by atoms with Crippen molar-refractivity contribution < 1.29 is 17.8 Å². The lowest BCUT2D eigenvalue weighted by atomic mass is 10.1. The van der Waals surface area contributed by atoms with Gasteiger partial charge in [0.15, 0.2) is 0 Å². The minimum absolute atomic E-state index is 0.0542. The van der Waals surface area contributed by atoms with Gasteiger partial charge in [-0.1, -0.05) is 19.1 Å². The van der Waals surface area contributed by atoms with Crippen LogP contribution in [0.2, 0.25) is 0 Å². The number of carbonyl (C=O) groups is 1. The van der Waals surface area contributed by atoms with E-state index in [2.05, 4.69) is 10.6 Å². The van der Waals surface area contributed by atoms with Gasteiger partial charge >= 0.3 is 0 Å². The summed E-state index contributed by atoms with van der Waals surface area (Å²) in [6, 6.07) is 7.70. The normalized spacial score (nSPS) is 11.1. The summed E-state index contributed by atoms with van der Waals surface area (Å²) in [7, 11) is -4.03. The molecule has 0 atom stereocenters. The fourth-order valence-electron chi connectivity index (χ4n) is 1.47. The number of hydrogen-bond acceptors (Lipinski definition) is 4. The SMILES string of the molecule is CCc1cccc(NCC(=O)NCCS(=O)(=O)O)c1. The van der Waals surface area contributed by atoms with Crippen LogP contribution in [0.15, 0.2) is 24.3 Å². The van der Waals surface area contributed by atoms with Gasteiger partial charge in [-0.05, 0) is 24.1 Å². The molecule has 3 N–H and O–H groups in total. The summed E-state index contributed by atoms with van der Waals surface area (Å²) >= 11 is 0. The van der Waals surface area contributed by atoms with Crippen molar-refractivity contribution in [1.29, 1.82) is 0 Å². The monoisotopic (exact) mass is 286 g/mol. The Morgan fingerprint density at radius 1 is 1.37 bits per heavy atom. The number of amides is 1. The van der Waals surface area contributed by atoms with E-state index in [0.29, 0.717) is 0 Å². The van der Waals surface area contributed by atoms with Crippen molar-refractivity contribution in [3.8, 4) is 0 Å². The maximum Gasteiger partial charge on any atom is 0.266 e. The van der Waals surface area contributed by atoms with E-state index in [0.717, 1.165) is 17.7 Å². The highest BCUT2D eigenvalue weighted by molar-refractivity contribution is 7.85. The van der Waals surface area contributed by atoms with E-state index in [9.17, 15) is 13.2 Å². The van der Waals surface area contributed by atoms with Crippen LogP contribution in [0.3, 0.4) is 0 Å². The predicted molar refractivity (Wildman–Crippen MR) is 73.7 cm³/mol. The molecule has 0 radical (unpaired) electrons. The van der Waals surface area contributed by atoms with Crippen molar-refractivity contribution >= 4 is 21.7 Å². The number of nitrogens with one attached hydrogen (secondary N) is 2. The first kappa shape index (κ1) is 15.5. The molecule has 0 aromatic heterocycles. The summed E-state index contributed by atoms with van der Waals surface area (Å²) in [4.78, 5) is 11.4. The summed E-state index contributed by atoms with van der Waals surface area (Å²) in [5, 5.41) is 5.34. The van der Waals surface area contributed by atoms with Gasteiger partial charge in [-0.2, -0.15) is 8.42 Å². The van der Waals surface area contributed by atoms with Gasteiger partial charge in [-0.3, -0.25) is 9.35 Å². The largest absolute Gasteiger partial charge is 0.376 e. The average molecular weight is 286 g/mol. The molecule has 0 heterocycles. The summed E-state index contributed by atoms with van der Waals surface area (Å²) < 4.78 is 29.4. The molecule has 0 aliphatic heterocycles. The van der Waals surface area contributed by atoms with Gasteiger partial charge in [0.05, 0.1) is 12.3 Å². The quantitative estimate of drug-likeness (QED) is 0.640. The number of hydrogen-bond donors (Lipinski definition) is 3. The van der Waals surface area contributed by atoms with Crippen molar-refractivity contribution in [2.45, 2.75) is 13.3 Å². The van der Waals surface area contributed by atoms with Gasteiger partial charge in [-0.25, -0.2) is 0 Å². The number of rotatable bonds is 7. The average Bonchev–Trinajstić information content (AvgIpc) is 2.35. The first-order valence-corrected chi connectivity index (χ1v) is 7.56. The molecule has 1 amide bonds. The molecule has 1 aromatic carbocycles. The van der Waals surface area contributed by atoms with Crippen LogP contribution in [0.25, 0.3) is 0 Å². The molecule has 106 valence electrons. The Balaban J connectivity index is 2.33. The fraction of sp³-hybridized carbons (Fsp3) is 0.417. The van der Waals surface area contributed by atoms with Gasteiger partial charge < -0.3 is 10.6 Å². The molecule has 6 nitrogen and oxygen atoms in total. The molecule has 7 heteroatoms. The van der Waals surface area contributed by atoms with Gasteiger partial charge in [0.2, 0.25) is 5.91 Å². The Kier molecular flexibility index (Phi) is 5.78. The maximum atomic E-state index is 11.4. The van der Waals surface area contributed by atoms with Gasteiger partial charge in [0.1, 0.15) is 0 Å². The van der Waals surface area contributed by atoms with Crippen LogP contribution in [0.5, 0.6) is 0 Å². The van der Waals surface area contributed by atoms with Crippen molar-refractivity contribution in [3.63, 3.8) is 0 Å². The van der Waals surface area contributed by atoms with E-state index in [-0.39, 0.29) is 19.0 Å². The van der Waals surface area contributed by atoms with Gasteiger partial charge in [0, 0.05) is 12.2 Å². The molecule has 19 heavy (non-hydrogen) atoms. The molecule has 0 aliphatic carbocycles. The Bertz CT molecular complexity index is 528. The molecule has 1 rings (SSSR count). The highest BCUT2D eigenvalue weighted by Crippen LogP contribution is 2.10. The van der Waals surface area contributed by atoms with Crippen LogP contribution in [-0.4, -0.2) is 37.7 Å². The second-order valence-corrected chi connectivity index (χ2v) is 5.62. The van der Waals surface area contributed by atoms with Crippen molar-refractivity contribution in [1.82, 2.24) is 5.32 Å². The lowest BCUT2D eigenvalue weighted by Crippen LogP contribution is -2.33. The Labute approximate surface area is 113 Å². The highest BCUT2D eigenvalue weighted by Gasteiger charge is 2.06. The molecule has 0 fully saturated rings. The lowest BCUT2D eigenvalue weighted by molar-refractivity contribution is -0.119. The van der Waals surface area contributed by atoms with Crippen LogP contribution in [0, 0.1) is 0 Å². The Morgan fingerprint density at radius 2 is 2.11 bits per heavy atom. The molecule has 0 aliphatic rings. The first-order chi connectivity index (χ1) is 8.90. The zero-order valence-electron chi connectivity index (χ0n) is 10.7. The fourth-order valence-corrected chi connectivity index (χ4v) is 1.83. The maximum absolute atomic E-state index is 11.4. The van der Waals surface area contributed by atoms with E-state index in [1.807, 2.05) is 31.2 Å². The van der Waals surface area contributed by atoms with Gasteiger partial charge in [-0.15, -0.1) is 0 Å². The minimum Gasteiger partial charge on any atom is -0.376 e. The number of benzene rings is 1.